The van der Waals surface area contributed by atoms with E-state index in [1.165, 1.54) is 11.3 Å². The molecular weight excluding hydrogens is 264 g/mol. The van der Waals surface area contributed by atoms with Crippen LogP contribution in [0, 0.1) is 0 Å². The third-order valence-electron chi connectivity index (χ3n) is 3.30. The maximum atomic E-state index is 11.6. The van der Waals surface area contributed by atoms with E-state index in [0.29, 0.717) is 4.88 Å². The van der Waals surface area contributed by atoms with Gasteiger partial charge >= 0.3 is 0 Å². The minimum Gasteiger partial charge on any atom is -0.340 e. The van der Waals surface area contributed by atoms with Crippen molar-refractivity contribution >= 4 is 23.2 Å². The first-order chi connectivity index (χ1) is 9.11. The van der Waals surface area contributed by atoms with Crippen LogP contribution in [0.2, 0.25) is 0 Å². The van der Waals surface area contributed by atoms with Crippen LogP contribution in [0.25, 0.3) is 0 Å². The lowest BCUT2D eigenvalue weighted by Crippen LogP contribution is -2.47. The van der Waals surface area contributed by atoms with Crippen LogP contribution in [0.1, 0.15) is 22.2 Å². The molecule has 2 rings (SSSR count). The van der Waals surface area contributed by atoms with Gasteiger partial charge in [-0.25, -0.2) is 5.84 Å². The van der Waals surface area contributed by atoms with Crippen molar-refractivity contribution in [2.24, 2.45) is 5.84 Å². The van der Waals surface area contributed by atoms with Gasteiger partial charge in [0.15, 0.2) is 0 Å². The van der Waals surface area contributed by atoms with Crippen LogP contribution in [-0.4, -0.2) is 47.8 Å². The first-order valence-electron chi connectivity index (χ1n) is 6.17. The first kappa shape index (κ1) is 14.0. The fourth-order valence-corrected chi connectivity index (χ4v) is 3.01. The van der Waals surface area contributed by atoms with Crippen molar-refractivity contribution in [3.05, 3.63) is 21.9 Å². The molecule has 0 aliphatic carbocycles. The Morgan fingerprint density at radius 1 is 1.37 bits per heavy atom. The van der Waals surface area contributed by atoms with Gasteiger partial charge in [-0.05, 0) is 17.0 Å². The largest absolute Gasteiger partial charge is 0.340 e. The second kappa shape index (κ2) is 6.14. The zero-order valence-electron chi connectivity index (χ0n) is 10.9. The zero-order valence-corrected chi connectivity index (χ0v) is 11.7. The van der Waals surface area contributed by atoms with E-state index < -0.39 is 0 Å². The number of nitrogen functional groups attached to an aromatic ring is 1. The summed E-state index contributed by atoms with van der Waals surface area (Å²) in [7, 11) is 0. The summed E-state index contributed by atoms with van der Waals surface area (Å²) in [5.41, 5.74) is 3.16. The van der Waals surface area contributed by atoms with Crippen LogP contribution >= 0.6 is 11.3 Å². The molecule has 1 fully saturated rings. The highest BCUT2D eigenvalue weighted by Gasteiger charge is 2.20. The van der Waals surface area contributed by atoms with E-state index in [0.717, 1.165) is 38.3 Å². The molecule has 3 N–H and O–H groups in total. The highest BCUT2D eigenvalue weighted by atomic mass is 32.1. The van der Waals surface area contributed by atoms with Crippen LogP contribution in [0.3, 0.4) is 0 Å². The van der Waals surface area contributed by atoms with Gasteiger partial charge in [-0.1, -0.05) is 0 Å². The maximum absolute atomic E-state index is 11.6. The third kappa shape index (κ3) is 3.31. The number of hydrogen-bond acceptors (Lipinski definition) is 5. The van der Waals surface area contributed by atoms with E-state index >= 15 is 0 Å². The Bertz CT molecular complexity index is 466. The Kier molecular flexibility index (Phi) is 4.52. The molecule has 0 aromatic carbocycles. The number of amides is 2. The number of hydrogen-bond donors (Lipinski definition) is 2. The Morgan fingerprint density at radius 2 is 2.05 bits per heavy atom. The standard InChI is InChI=1S/C12H18N4O2S/c1-9(17)16-5-3-15(4-6-16)8-10-2-7-19-11(10)12(18)14-13/h2,7H,3-6,8,13H2,1H3,(H,14,18). The number of nitrogens with zero attached hydrogens (tertiary/aromatic N) is 2. The van der Waals surface area contributed by atoms with Crippen LogP contribution in [0.5, 0.6) is 0 Å². The topological polar surface area (TPSA) is 78.7 Å². The van der Waals surface area contributed by atoms with E-state index in [9.17, 15) is 9.59 Å². The maximum Gasteiger partial charge on any atom is 0.275 e. The summed E-state index contributed by atoms with van der Waals surface area (Å²) >= 11 is 1.39. The number of carbonyl (C=O) groups excluding carboxylic acids is 2. The molecule has 0 spiro atoms. The SMILES string of the molecule is CC(=O)N1CCN(Cc2ccsc2C(=O)NN)CC1. The van der Waals surface area contributed by atoms with E-state index in [4.69, 9.17) is 5.84 Å². The van der Waals surface area contributed by atoms with Gasteiger partial charge in [0.25, 0.3) is 5.91 Å². The van der Waals surface area contributed by atoms with Crippen molar-refractivity contribution < 1.29 is 9.59 Å². The third-order valence-corrected chi connectivity index (χ3v) is 4.25. The molecule has 104 valence electrons. The molecule has 19 heavy (non-hydrogen) atoms. The number of rotatable bonds is 3. The molecule has 0 bridgehead atoms. The molecule has 2 amide bonds. The molecule has 0 saturated carbocycles. The summed E-state index contributed by atoms with van der Waals surface area (Å²) < 4.78 is 0. The van der Waals surface area contributed by atoms with E-state index in [2.05, 4.69) is 10.3 Å². The molecule has 0 radical (unpaired) electrons. The number of thiophene rings is 1. The van der Waals surface area contributed by atoms with Crippen molar-refractivity contribution in [2.75, 3.05) is 26.2 Å². The van der Waals surface area contributed by atoms with Gasteiger partial charge in [0.2, 0.25) is 5.91 Å². The first-order valence-corrected chi connectivity index (χ1v) is 7.05. The Balaban J connectivity index is 1.94. The van der Waals surface area contributed by atoms with Crippen molar-refractivity contribution in [3.63, 3.8) is 0 Å². The summed E-state index contributed by atoms with van der Waals surface area (Å²) in [5, 5.41) is 1.89. The highest BCUT2D eigenvalue weighted by Crippen LogP contribution is 2.19. The monoisotopic (exact) mass is 282 g/mol. The summed E-state index contributed by atoms with van der Waals surface area (Å²) in [6.45, 7) is 5.48. The fraction of sp³-hybridized carbons (Fsp3) is 0.500. The van der Waals surface area contributed by atoms with Crippen molar-refractivity contribution in [2.45, 2.75) is 13.5 Å². The van der Waals surface area contributed by atoms with Crippen LogP contribution < -0.4 is 11.3 Å². The van der Waals surface area contributed by atoms with Gasteiger partial charge in [0.05, 0.1) is 4.88 Å². The molecule has 1 aromatic heterocycles. The molecule has 1 aromatic rings. The summed E-state index contributed by atoms with van der Waals surface area (Å²) in [6, 6.07) is 1.95. The molecule has 2 heterocycles. The highest BCUT2D eigenvalue weighted by molar-refractivity contribution is 7.12. The molecule has 0 unspecified atom stereocenters. The Morgan fingerprint density at radius 3 is 2.63 bits per heavy atom. The number of nitrogens with two attached hydrogens (primary N) is 1. The molecular formula is C12H18N4O2S. The molecule has 1 aliphatic rings. The molecule has 1 saturated heterocycles. The van der Waals surface area contributed by atoms with Gasteiger partial charge in [-0.2, -0.15) is 0 Å². The lowest BCUT2D eigenvalue weighted by molar-refractivity contribution is -0.130. The second-order valence-corrected chi connectivity index (χ2v) is 5.45. The Hall–Kier alpha value is -1.44. The van der Waals surface area contributed by atoms with Gasteiger partial charge in [-0.3, -0.25) is 19.9 Å². The second-order valence-electron chi connectivity index (χ2n) is 4.53. The number of hydrazine groups is 1. The molecule has 6 nitrogen and oxygen atoms in total. The Labute approximate surface area is 116 Å². The predicted octanol–water partition coefficient (Wildman–Crippen LogP) is 0.0157. The number of carbonyl (C=O) groups is 2. The molecule has 1 aliphatic heterocycles. The number of nitrogens with one attached hydrogen (secondary N) is 1. The predicted molar refractivity (Wildman–Crippen MR) is 73.5 cm³/mol. The van der Waals surface area contributed by atoms with Crippen molar-refractivity contribution in [3.8, 4) is 0 Å². The van der Waals surface area contributed by atoms with Gasteiger partial charge < -0.3 is 4.90 Å². The van der Waals surface area contributed by atoms with Crippen molar-refractivity contribution in [1.82, 2.24) is 15.2 Å². The zero-order chi connectivity index (χ0) is 13.8. The number of piperazine rings is 1. The van der Waals surface area contributed by atoms with Gasteiger partial charge in [-0.15, -0.1) is 11.3 Å². The minimum atomic E-state index is -0.243. The quantitative estimate of drug-likeness (QED) is 0.465. The normalized spacial score (nSPS) is 16.4. The molecule has 0 atom stereocenters. The lowest BCUT2D eigenvalue weighted by Gasteiger charge is -2.34. The molecule has 7 heteroatoms. The smallest absolute Gasteiger partial charge is 0.275 e. The minimum absolute atomic E-state index is 0.124. The summed E-state index contributed by atoms with van der Waals surface area (Å²) in [6.07, 6.45) is 0. The van der Waals surface area contributed by atoms with E-state index in [-0.39, 0.29) is 11.8 Å². The van der Waals surface area contributed by atoms with Crippen LogP contribution in [-0.2, 0) is 11.3 Å². The lowest BCUT2D eigenvalue weighted by atomic mass is 10.2. The van der Waals surface area contributed by atoms with Gasteiger partial charge in [0, 0.05) is 39.6 Å². The van der Waals surface area contributed by atoms with Crippen LogP contribution in [0.15, 0.2) is 11.4 Å². The average molecular weight is 282 g/mol. The van der Waals surface area contributed by atoms with Crippen molar-refractivity contribution in [1.29, 1.82) is 0 Å². The van der Waals surface area contributed by atoms with E-state index in [1.807, 2.05) is 16.3 Å². The van der Waals surface area contributed by atoms with Crippen LogP contribution in [0.4, 0.5) is 0 Å². The summed E-state index contributed by atoms with van der Waals surface area (Å²) in [5.74, 6) is 5.05. The van der Waals surface area contributed by atoms with E-state index in [1.54, 1.807) is 6.92 Å². The fourth-order valence-electron chi connectivity index (χ4n) is 2.19. The van der Waals surface area contributed by atoms with Gasteiger partial charge in [0.1, 0.15) is 0 Å². The average Bonchev–Trinajstić information content (AvgIpc) is 2.86. The summed E-state index contributed by atoms with van der Waals surface area (Å²) in [4.78, 5) is 27.6.